The number of pyridine rings is 1. The highest BCUT2D eigenvalue weighted by atomic mass is 127. The second-order valence-corrected chi connectivity index (χ2v) is 4.19. The van der Waals surface area contributed by atoms with Crippen molar-refractivity contribution in [3.8, 4) is 11.5 Å². The standard InChI is InChI=1S/C8H6BrF3INO2/c1-15-6-2-5(16-8(10,11)12)4(3-9)14-7(6)13/h2H,3H2,1H3. The Morgan fingerprint density at radius 3 is 2.50 bits per heavy atom. The summed E-state index contributed by atoms with van der Waals surface area (Å²) in [6.07, 6.45) is -4.74. The molecule has 0 amide bonds. The Hall–Kier alpha value is -0.250. The summed E-state index contributed by atoms with van der Waals surface area (Å²) in [6.45, 7) is 0. The summed E-state index contributed by atoms with van der Waals surface area (Å²) < 4.78 is 45.4. The summed E-state index contributed by atoms with van der Waals surface area (Å²) >= 11 is 4.91. The first kappa shape index (κ1) is 13.8. The van der Waals surface area contributed by atoms with E-state index < -0.39 is 6.36 Å². The van der Waals surface area contributed by atoms with Crippen LogP contribution in [0.25, 0.3) is 0 Å². The molecule has 0 N–H and O–H groups in total. The molecule has 0 saturated carbocycles. The van der Waals surface area contributed by atoms with Crippen molar-refractivity contribution >= 4 is 38.5 Å². The van der Waals surface area contributed by atoms with Gasteiger partial charge in [0, 0.05) is 11.4 Å². The third-order valence-electron chi connectivity index (χ3n) is 1.56. The lowest BCUT2D eigenvalue weighted by Crippen LogP contribution is -2.18. The van der Waals surface area contributed by atoms with Crippen LogP contribution >= 0.6 is 38.5 Å². The first-order valence-corrected chi connectivity index (χ1v) is 6.12. The van der Waals surface area contributed by atoms with Gasteiger partial charge >= 0.3 is 6.36 Å². The zero-order valence-electron chi connectivity index (χ0n) is 7.94. The molecule has 0 atom stereocenters. The summed E-state index contributed by atoms with van der Waals surface area (Å²) in [4.78, 5) is 3.94. The van der Waals surface area contributed by atoms with Gasteiger partial charge in [0.15, 0.2) is 11.5 Å². The molecule has 0 aromatic carbocycles. The number of ether oxygens (including phenoxy) is 2. The van der Waals surface area contributed by atoms with Crippen LogP contribution < -0.4 is 9.47 Å². The van der Waals surface area contributed by atoms with Gasteiger partial charge in [-0.2, -0.15) is 0 Å². The van der Waals surface area contributed by atoms with Crippen molar-refractivity contribution in [1.29, 1.82) is 0 Å². The van der Waals surface area contributed by atoms with E-state index in [2.05, 4.69) is 25.7 Å². The van der Waals surface area contributed by atoms with Crippen LogP contribution in [-0.2, 0) is 5.33 Å². The maximum atomic E-state index is 12.1. The fourth-order valence-corrected chi connectivity index (χ4v) is 2.01. The van der Waals surface area contributed by atoms with E-state index in [1.54, 1.807) is 0 Å². The molecule has 1 heterocycles. The lowest BCUT2D eigenvalue weighted by Gasteiger charge is -2.13. The van der Waals surface area contributed by atoms with Crippen molar-refractivity contribution in [2.24, 2.45) is 0 Å². The Labute approximate surface area is 112 Å². The Morgan fingerprint density at radius 2 is 2.06 bits per heavy atom. The maximum Gasteiger partial charge on any atom is 0.573 e. The highest BCUT2D eigenvalue weighted by molar-refractivity contribution is 14.1. The zero-order valence-corrected chi connectivity index (χ0v) is 11.7. The molecular weight excluding hydrogens is 406 g/mol. The van der Waals surface area contributed by atoms with Gasteiger partial charge in [-0.1, -0.05) is 15.9 Å². The number of methoxy groups -OCH3 is 1. The van der Waals surface area contributed by atoms with Gasteiger partial charge in [-0.05, 0) is 22.6 Å². The Morgan fingerprint density at radius 1 is 1.44 bits per heavy atom. The van der Waals surface area contributed by atoms with Crippen molar-refractivity contribution < 1.29 is 22.6 Å². The SMILES string of the molecule is COc1cc(OC(F)(F)F)c(CBr)nc1I. The first-order chi connectivity index (χ1) is 7.37. The minimum absolute atomic E-state index is 0.165. The molecule has 90 valence electrons. The molecule has 16 heavy (non-hydrogen) atoms. The molecule has 0 aliphatic rings. The summed E-state index contributed by atoms with van der Waals surface area (Å²) in [5, 5.41) is 0.165. The van der Waals surface area contributed by atoms with Crippen LogP contribution in [0, 0.1) is 3.70 Å². The molecule has 0 bridgehead atoms. The van der Waals surface area contributed by atoms with Crippen LogP contribution in [0.4, 0.5) is 13.2 Å². The number of alkyl halides is 4. The lowest BCUT2D eigenvalue weighted by atomic mass is 10.3. The summed E-state index contributed by atoms with van der Waals surface area (Å²) in [6, 6.07) is 1.17. The molecule has 0 spiro atoms. The van der Waals surface area contributed by atoms with Crippen LogP contribution in [0.2, 0.25) is 0 Å². The second kappa shape index (κ2) is 5.39. The monoisotopic (exact) mass is 411 g/mol. The van der Waals surface area contributed by atoms with Crippen molar-refractivity contribution in [3.05, 3.63) is 15.5 Å². The maximum absolute atomic E-state index is 12.1. The fourth-order valence-electron chi connectivity index (χ4n) is 0.943. The van der Waals surface area contributed by atoms with E-state index in [0.29, 0.717) is 3.70 Å². The third kappa shape index (κ3) is 3.65. The molecule has 0 aliphatic carbocycles. The van der Waals surface area contributed by atoms with Gasteiger partial charge in [0.25, 0.3) is 0 Å². The molecule has 0 fully saturated rings. The van der Waals surface area contributed by atoms with Gasteiger partial charge < -0.3 is 9.47 Å². The number of nitrogens with zero attached hydrogens (tertiary/aromatic N) is 1. The predicted octanol–water partition coefficient (Wildman–Crippen LogP) is 3.49. The third-order valence-corrected chi connectivity index (χ3v) is 2.86. The highest BCUT2D eigenvalue weighted by Gasteiger charge is 2.32. The van der Waals surface area contributed by atoms with E-state index >= 15 is 0 Å². The zero-order chi connectivity index (χ0) is 12.3. The number of hydrogen-bond acceptors (Lipinski definition) is 3. The summed E-state index contributed by atoms with van der Waals surface area (Å²) in [5.74, 6) is -0.119. The Kier molecular flexibility index (Phi) is 4.65. The van der Waals surface area contributed by atoms with E-state index in [9.17, 15) is 13.2 Å². The largest absolute Gasteiger partial charge is 0.573 e. The fraction of sp³-hybridized carbons (Fsp3) is 0.375. The quantitative estimate of drug-likeness (QED) is 0.433. The second-order valence-electron chi connectivity index (χ2n) is 2.61. The molecule has 3 nitrogen and oxygen atoms in total. The molecule has 0 unspecified atom stereocenters. The number of aromatic nitrogens is 1. The van der Waals surface area contributed by atoms with E-state index in [4.69, 9.17) is 4.74 Å². The van der Waals surface area contributed by atoms with Crippen LogP contribution in [0.1, 0.15) is 5.69 Å². The minimum Gasteiger partial charge on any atom is -0.494 e. The molecule has 1 rings (SSSR count). The van der Waals surface area contributed by atoms with Crippen LogP contribution in [0.15, 0.2) is 6.07 Å². The molecule has 1 aromatic heterocycles. The molecule has 8 heteroatoms. The average molecular weight is 412 g/mol. The average Bonchev–Trinajstić information content (AvgIpc) is 2.18. The smallest absolute Gasteiger partial charge is 0.494 e. The molecule has 0 aliphatic heterocycles. The number of hydrogen-bond donors (Lipinski definition) is 0. The molecule has 0 radical (unpaired) electrons. The van der Waals surface area contributed by atoms with Gasteiger partial charge in [0.1, 0.15) is 3.70 Å². The highest BCUT2D eigenvalue weighted by Crippen LogP contribution is 2.32. The predicted molar refractivity (Wildman–Crippen MR) is 62.8 cm³/mol. The number of rotatable bonds is 3. The Bertz CT molecular complexity index is 386. The van der Waals surface area contributed by atoms with E-state index in [-0.39, 0.29) is 22.5 Å². The van der Waals surface area contributed by atoms with Crippen molar-refractivity contribution in [1.82, 2.24) is 4.98 Å². The lowest BCUT2D eigenvalue weighted by molar-refractivity contribution is -0.275. The van der Waals surface area contributed by atoms with E-state index in [1.807, 2.05) is 22.6 Å². The van der Waals surface area contributed by atoms with Crippen molar-refractivity contribution in [3.63, 3.8) is 0 Å². The van der Waals surface area contributed by atoms with Crippen molar-refractivity contribution in [2.45, 2.75) is 11.7 Å². The van der Waals surface area contributed by atoms with Crippen LogP contribution in [0.5, 0.6) is 11.5 Å². The van der Waals surface area contributed by atoms with Gasteiger partial charge in [-0.25, -0.2) is 4.98 Å². The van der Waals surface area contributed by atoms with Gasteiger partial charge in [0.05, 0.1) is 12.8 Å². The topological polar surface area (TPSA) is 31.4 Å². The molecule has 1 aromatic rings. The number of halogens is 5. The van der Waals surface area contributed by atoms with Crippen molar-refractivity contribution in [2.75, 3.05) is 7.11 Å². The van der Waals surface area contributed by atoms with Gasteiger partial charge in [-0.3, -0.25) is 0 Å². The normalized spacial score (nSPS) is 11.4. The summed E-state index contributed by atoms with van der Waals surface area (Å²) in [7, 11) is 1.35. The molecular formula is C8H6BrF3INO2. The first-order valence-electron chi connectivity index (χ1n) is 3.92. The van der Waals surface area contributed by atoms with E-state index in [0.717, 1.165) is 0 Å². The van der Waals surface area contributed by atoms with Crippen LogP contribution in [0.3, 0.4) is 0 Å². The molecule has 0 saturated heterocycles. The van der Waals surface area contributed by atoms with Crippen LogP contribution in [-0.4, -0.2) is 18.5 Å². The van der Waals surface area contributed by atoms with E-state index in [1.165, 1.54) is 13.2 Å². The Balaban J connectivity index is 3.15. The van der Waals surface area contributed by atoms with Gasteiger partial charge in [-0.15, -0.1) is 13.2 Å². The van der Waals surface area contributed by atoms with Gasteiger partial charge in [0.2, 0.25) is 0 Å². The summed E-state index contributed by atoms with van der Waals surface area (Å²) in [5.41, 5.74) is 0.169. The minimum atomic E-state index is -4.74.